The second-order valence-corrected chi connectivity index (χ2v) is 4.56. The largest absolute Gasteiger partial charge is 0.369 e. The first-order chi connectivity index (χ1) is 5.91. The lowest BCUT2D eigenvalue weighted by Crippen LogP contribution is -2.22. The van der Waals surface area contributed by atoms with Gasteiger partial charge in [-0.25, -0.2) is 0 Å². The normalized spacial score (nSPS) is 29.2. The standard InChI is InChI=1S/C9H18N4/c1-6-4-9(2,3)5-7(6)12-13-8(10)11/h6H,4-5H2,1-3H3,(H4,10,11,13). The number of nitrogens with two attached hydrogens (primary N) is 2. The maximum absolute atomic E-state index is 5.20. The van der Waals surface area contributed by atoms with Gasteiger partial charge in [-0.15, -0.1) is 5.10 Å². The average Bonchev–Trinajstić information content (AvgIpc) is 2.20. The fourth-order valence-electron chi connectivity index (χ4n) is 1.94. The summed E-state index contributed by atoms with van der Waals surface area (Å²) in [6, 6.07) is 0. The molecule has 0 aliphatic heterocycles. The summed E-state index contributed by atoms with van der Waals surface area (Å²) < 4.78 is 0. The summed E-state index contributed by atoms with van der Waals surface area (Å²) in [7, 11) is 0. The maximum atomic E-state index is 5.20. The molecular weight excluding hydrogens is 164 g/mol. The smallest absolute Gasteiger partial charge is 0.211 e. The van der Waals surface area contributed by atoms with Gasteiger partial charge in [-0.2, -0.15) is 5.10 Å². The molecule has 1 rings (SSSR count). The van der Waals surface area contributed by atoms with Crippen molar-refractivity contribution >= 4 is 11.7 Å². The van der Waals surface area contributed by atoms with Crippen LogP contribution in [0.2, 0.25) is 0 Å². The lowest BCUT2D eigenvalue weighted by molar-refractivity contribution is 0.368. The number of guanidine groups is 1. The van der Waals surface area contributed by atoms with Crippen LogP contribution in [0.4, 0.5) is 0 Å². The van der Waals surface area contributed by atoms with E-state index in [0.29, 0.717) is 11.3 Å². The third-order valence-corrected chi connectivity index (χ3v) is 2.38. The van der Waals surface area contributed by atoms with E-state index in [2.05, 4.69) is 31.0 Å². The van der Waals surface area contributed by atoms with Crippen LogP contribution in [-0.4, -0.2) is 11.7 Å². The molecule has 0 aromatic rings. The zero-order chi connectivity index (χ0) is 10.1. The molecule has 4 heteroatoms. The highest BCUT2D eigenvalue weighted by atomic mass is 15.3. The number of hydrogen-bond acceptors (Lipinski definition) is 2. The lowest BCUT2D eigenvalue weighted by Gasteiger charge is -2.14. The predicted molar refractivity (Wildman–Crippen MR) is 55.4 cm³/mol. The van der Waals surface area contributed by atoms with E-state index in [4.69, 9.17) is 11.5 Å². The number of hydrogen-bond donors (Lipinski definition) is 2. The Balaban J connectivity index is 2.73. The summed E-state index contributed by atoms with van der Waals surface area (Å²) in [5.41, 5.74) is 11.9. The van der Waals surface area contributed by atoms with E-state index in [9.17, 15) is 0 Å². The van der Waals surface area contributed by atoms with Gasteiger partial charge in [-0.05, 0) is 24.2 Å². The van der Waals surface area contributed by atoms with E-state index in [1.807, 2.05) is 0 Å². The van der Waals surface area contributed by atoms with Gasteiger partial charge >= 0.3 is 0 Å². The quantitative estimate of drug-likeness (QED) is 0.361. The van der Waals surface area contributed by atoms with Gasteiger partial charge in [0.1, 0.15) is 0 Å². The van der Waals surface area contributed by atoms with E-state index >= 15 is 0 Å². The van der Waals surface area contributed by atoms with E-state index < -0.39 is 0 Å². The summed E-state index contributed by atoms with van der Waals surface area (Å²) in [5.74, 6) is 0.530. The molecule has 0 spiro atoms. The minimum Gasteiger partial charge on any atom is -0.369 e. The molecule has 0 saturated heterocycles. The molecule has 1 aliphatic rings. The van der Waals surface area contributed by atoms with E-state index in [0.717, 1.165) is 18.6 Å². The third kappa shape index (κ3) is 2.72. The van der Waals surface area contributed by atoms with Crippen molar-refractivity contribution in [2.75, 3.05) is 0 Å². The van der Waals surface area contributed by atoms with Crippen LogP contribution in [0, 0.1) is 11.3 Å². The minimum atomic E-state index is 0.0319. The number of nitrogens with zero attached hydrogens (tertiary/aromatic N) is 2. The monoisotopic (exact) mass is 182 g/mol. The second-order valence-electron chi connectivity index (χ2n) is 4.56. The summed E-state index contributed by atoms with van der Waals surface area (Å²) in [6.45, 7) is 6.64. The van der Waals surface area contributed by atoms with Crippen molar-refractivity contribution in [2.24, 2.45) is 33.0 Å². The Hall–Kier alpha value is -1.06. The Morgan fingerprint density at radius 2 is 2.08 bits per heavy atom. The molecule has 0 bridgehead atoms. The fraction of sp³-hybridized carbons (Fsp3) is 0.778. The highest BCUT2D eigenvalue weighted by Crippen LogP contribution is 2.38. The number of rotatable bonds is 1. The SMILES string of the molecule is CC1CC(C)(C)CC1=NN=C(N)N. The van der Waals surface area contributed by atoms with E-state index in [-0.39, 0.29) is 5.96 Å². The highest BCUT2D eigenvalue weighted by Gasteiger charge is 2.33. The van der Waals surface area contributed by atoms with Gasteiger partial charge in [0.05, 0.1) is 0 Å². The summed E-state index contributed by atoms with van der Waals surface area (Å²) in [6.07, 6.45) is 2.15. The van der Waals surface area contributed by atoms with Crippen molar-refractivity contribution < 1.29 is 0 Å². The Labute approximate surface area is 79.1 Å². The summed E-state index contributed by atoms with van der Waals surface area (Å²) >= 11 is 0. The van der Waals surface area contributed by atoms with Crippen LogP contribution in [0.15, 0.2) is 10.2 Å². The molecule has 0 radical (unpaired) electrons. The molecule has 4 N–H and O–H groups in total. The zero-order valence-electron chi connectivity index (χ0n) is 8.54. The predicted octanol–water partition coefficient (Wildman–Crippen LogP) is 1.07. The van der Waals surface area contributed by atoms with Gasteiger partial charge in [0, 0.05) is 5.71 Å². The molecule has 1 fully saturated rings. The molecular formula is C9H18N4. The highest BCUT2D eigenvalue weighted by molar-refractivity contribution is 5.89. The third-order valence-electron chi connectivity index (χ3n) is 2.38. The van der Waals surface area contributed by atoms with Crippen LogP contribution in [0.1, 0.15) is 33.6 Å². The van der Waals surface area contributed by atoms with Gasteiger partial charge in [0.25, 0.3) is 0 Å². The van der Waals surface area contributed by atoms with Crippen molar-refractivity contribution in [3.05, 3.63) is 0 Å². The Morgan fingerprint density at radius 1 is 1.46 bits per heavy atom. The molecule has 74 valence electrons. The second kappa shape index (κ2) is 3.36. The summed E-state index contributed by atoms with van der Waals surface area (Å²) in [5, 5.41) is 7.74. The van der Waals surface area contributed by atoms with Crippen LogP contribution >= 0.6 is 0 Å². The van der Waals surface area contributed by atoms with Crippen LogP contribution in [0.3, 0.4) is 0 Å². The van der Waals surface area contributed by atoms with Crippen molar-refractivity contribution in [1.82, 2.24) is 0 Å². The first kappa shape index (κ1) is 10.0. The van der Waals surface area contributed by atoms with Crippen molar-refractivity contribution in [2.45, 2.75) is 33.6 Å². The molecule has 0 aromatic carbocycles. The van der Waals surface area contributed by atoms with Crippen molar-refractivity contribution in [3.8, 4) is 0 Å². The first-order valence-electron chi connectivity index (χ1n) is 4.56. The minimum absolute atomic E-state index is 0.0319. The maximum Gasteiger partial charge on any atom is 0.211 e. The Bertz CT molecular complexity index is 248. The van der Waals surface area contributed by atoms with Gasteiger partial charge < -0.3 is 11.5 Å². The van der Waals surface area contributed by atoms with Gasteiger partial charge in [-0.3, -0.25) is 0 Å². The van der Waals surface area contributed by atoms with E-state index in [1.54, 1.807) is 0 Å². The first-order valence-corrected chi connectivity index (χ1v) is 4.56. The molecule has 0 aromatic heterocycles. The van der Waals surface area contributed by atoms with Crippen molar-refractivity contribution in [3.63, 3.8) is 0 Å². The Morgan fingerprint density at radius 3 is 2.46 bits per heavy atom. The van der Waals surface area contributed by atoms with Gasteiger partial charge in [-0.1, -0.05) is 20.8 Å². The molecule has 0 heterocycles. The van der Waals surface area contributed by atoms with Gasteiger partial charge in [0.15, 0.2) is 0 Å². The topological polar surface area (TPSA) is 76.8 Å². The van der Waals surface area contributed by atoms with Crippen LogP contribution in [-0.2, 0) is 0 Å². The van der Waals surface area contributed by atoms with Crippen LogP contribution < -0.4 is 11.5 Å². The molecule has 1 aliphatic carbocycles. The average molecular weight is 182 g/mol. The molecule has 0 amide bonds. The van der Waals surface area contributed by atoms with E-state index in [1.165, 1.54) is 0 Å². The molecule has 13 heavy (non-hydrogen) atoms. The fourth-order valence-corrected chi connectivity index (χ4v) is 1.94. The zero-order valence-corrected chi connectivity index (χ0v) is 8.54. The molecule has 1 saturated carbocycles. The molecule has 1 atom stereocenters. The van der Waals surface area contributed by atoms with Crippen LogP contribution in [0.25, 0.3) is 0 Å². The summed E-state index contributed by atoms with van der Waals surface area (Å²) in [4.78, 5) is 0. The van der Waals surface area contributed by atoms with Crippen molar-refractivity contribution in [1.29, 1.82) is 0 Å². The Kier molecular flexibility index (Phi) is 2.59. The van der Waals surface area contributed by atoms with Gasteiger partial charge in [0.2, 0.25) is 5.96 Å². The lowest BCUT2D eigenvalue weighted by atomic mass is 9.91. The molecule has 4 nitrogen and oxygen atoms in total. The molecule has 1 unspecified atom stereocenters. The van der Waals surface area contributed by atoms with Crippen LogP contribution in [0.5, 0.6) is 0 Å².